The number of H-pyrrole nitrogens is 1. The molecular weight excluding hydrogens is 582 g/mol. The van der Waals surface area contributed by atoms with Gasteiger partial charge in [0.05, 0.1) is 6.54 Å². The van der Waals surface area contributed by atoms with Crippen molar-refractivity contribution in [1.82, 2.24) is 25.9 Å². The van der Waals surface area contributed by atoms with E-state index in [1.54, 1.807) is 29.6 Å². The summed E-state index contributed by atoms with van der Waals surface area (Å²) >= 11 is 11.4. The number of nitrogens with zero attached hydrogens (tertiary/aromatic N) is 6. The van der Waals surface area contributed by atoms with Crippen LogP contribution in [0.3, 0.4) is 0 Å². The number of aromatic amines is 1. The number of rotatable bonds is 9. The van der Waals surface area contributed by atoms with Crippen LogP contribution >= 0.6 is 23.8 Å². The van der Waals surface area contributed by atoms with Crippen molar-refractivity contribution in [2.45, 2.75) is 38.3 Å². The maximum absolute atomic E-state index is 12.6. The number of hydrogen-bond donors (Lipinski definition) is 3. The zero-order valence-corrected chi connectivity index (χ0v) is 24.6. The largest absolute Gasteiger partial charge is 0.307 e. The zero-order valence-electron chi connectivity index (χ0n) is 23.1. The van der Waals surface area contributed by atoms with Crippen molar-refractivity contribution in [3.63, 3.8) is 0 Å². The van der Waals surface area contributed by atoms with Crippen molar-refractivity contribution < 1.29 is 4.79 Å². The fourth-order valence-electron chi connectivity index (χ4n) is 4.77. The topological polar surface area (TPSA) is 135 Å². The number of aromatic nitrogens is 4. The van der Waals surface area contributed by atoms with Crippen molar-refractivity contribution in [3.05, 3.63) is 106 Å². The van der Waals surface area contributed by atoms with Crippen LogP contribution in [0.25, 0.3) is 5.57 Å². The molecule has 1 atom stereocenters. The first-order valence-corrected chi connectivity index (χ1v) is 14.5. The first-order valence-electron chi connectivity index (χ1n) is 13.7. The van der Waals surface area contributed by atoms with Crippen LogP contribution in [0, 0.1) is 11.5 Å². The number of tetrazole rings is 1. The summed E-state index contributed by atoms with van der Waals surface area (Å²) in [5.74, 6) is 0.0506. The first-order chi connectivity index (χ1) is 21.0. The Bertz CT molecular complexity index is 1650. The number of allylic oxidation sites excluding steroid dienone is 2. The highest BCUT2D eigenvalue weighted by atomic mass is 35.5. The Morgan fingerprint density at radius 1 is 1.12 bits per heavy atom. The van der Waals surface area contributed by atoms with Crippen LogP contribution in [0.4, 0.5) is 11.6 Å². The molecule has 43 heavy (non-hydrogen) atoms. The number of thiocarbonyl (C=S) groups is 1. The number of benzene rings is 3. The van der Waals surface area contributed by atoms with Crippen molar-refractivity contribution in [1.29, 1.82) is 5.26 Å². The summed E-state index contributed by atoms with van der Waals surface area (Å²) in [7, 11) is 0. The number of nitrogens with one attached hydrogen (secondary N) is 3. The van der Waals surface area contributed by atoms with E-state index in [2.05, 4.69) is 49.5 Å². The molecule has 4 aromatic rings. The molecule has 1 aromatic heterocycles. The Morgan fingerprint density at radius 3 is 2.51 bits per heavy atom. The summed E-state index contributed by atoms with van der Waals surface area (Å²) in [6.07, 6.45) is 8.92. The molecule has 10 nitrogen and oxygen atoms in total. The van der Waals surface area contributed by atoms with Crippen molar-refractivity contribution >= 4 is 58.3 Å². The van der Waals surface area contributed by atoms with E-state index in [1.807, 2.05) is 47.5 Å². The number of anilines is 2. The number of nitriles is 1. The van der Waals surface area contributed by atoms with Gasteiger partial charge in [-0.05, 0) is 89.6 Å². The Morgan fingerprint density at radius 2 is 1.88 bits per heavy atom. The number of amides is 1. The minimum Gasteiger partial charge on any atom is -0.307 e. The number of halogens is 1. The third kappa shape index (κ3) is 7.68. The molecule has 0 aliphatic heterocycles. The Hall–Kier alpha value is -4.92. The van der Waals surface area contributed by atoms with E-state index in [4.69, 9.17) is 28.8 Å². The SMILES string of the molecule is N#CNC(=NC(C=S)c1ccc(Cl)cc1)N(Cc1ccc(C(=O)Nc2nn[nH]n2)cc1)c1ccc(C2=CCCCC2)cc1. The normalized spacial score (nSPS) is 13.8. The van der Waals surface area contributed by atoms with Crippen LogP contribution in [-0.2, 0) is 6.54 Å². The lowest BCUT2D eigenvalue weighted by Crippen LogP contribution is -2.39. The molecule has 3 N–H and O–H groups in total. The van der Waals surface area contributed by atoms with Gasteiger partial charge in [-0.2, -0.15) is 10.5 Å². The molecule has 0 saturated heterocycles. The van der Waals surface area contributed by atoms with E-state index in [0.29, 0.717) is 23.1 Å². The van der Waals surface area contributed by atoms with E-state index < -0.39 is 6.04 Å². The molecule has 3 aromatic carbocycles. The highest BCUT2D eigenvalue weighted by Gasteiger charge is 2.19. The smallest absolute Gasteiger partial charge is 0.270 e. The van der Waals surface area contributed by atoms with Gasteiger partial charge >= 0.3 is 0 Å². The molecule has 0 fully saturated rings. The molecule has 0 radical (unpaired) electrons. The molecule has 1 unspecified atom stereocenters. The highest BCUT2D eigenvalue weighted by Crippen LogP contribution is 2.29. The van der Waals surface area contributed by atoms with Crippen LogP contribution in [0.15, 0.2) is 83.9 Å². The van der Waals surface area contributed by atoms with E-state index in [0.717, 1.165) is 29.7 Å². The summed E-state index contributed by atoms with van der Waals surface area (Å²) in [4.78, 5) is 19.4. The van der Waals surface area contributed by atoms with E-state index in [1.165, 1.54) is 24.0 Å². The molecule has 1 heterocycles. The number of aliphatic imine (C=N–C) groups is 1. The quantitative estimate of drug-likeness (QED) is 0.0667. The summed E-state index contributed by atoms with van der Waals surface area (Å²) < 4.78 is 0. The number of carbonyl (C=O) groups is 1. The summed E-state index contributed by atoms with van der Waals surface area (Å²) in [6, 6.07) is 22.2. The first kappa shape index (κ1) is 29.6. The van der Waals surface area contributed by atoms with Gasteiger partial charge in [-0.25, -0.2) is 4.99 Å². The molecule has 1 aliphatic rings. The van der Waals surface area contributed by atoms with Gasteiger partial charge in [0.1, 0.15) is 6.04 Å². The monoisotopic (exact) mass is 609 g/mol. The van der Waals surface area contributed by atoms with Crippen molar-refractivity contribution in [3.8, 4) is 6.19 Å². The van der Waals surface area contributed by atoms with Gasteiger partial charge in [0.15, 0.2) is 6.19 Å². The zero-order chi connectivity index (χ0) is 30.0. The number of hydrogen-bond acceptors (Lipinski definition) is 7. The van der Waals surface area contributed by atoms with Gasteiger partial charge in [0, 0.05) is 21.6 Å². The molecule has 0 bridgehead atoms. The van der Waals surface area contributed by atoms with Crippen molar-refractivity contribution in [2.24, 2.45) is 4.99 Å². The van der Waals surface area contributed by atoms with Crippen LogP contribution < -0.4 is 15.5 Å². The lowest BCUT2D eigenvalue weighted by molar-refractivity contribution is 0.102. The maximum Gasteiger partial charge on any atom is 0.270 e. The van der Waals surface area contributed by atoms with Crippen LogP contribution in [0.2, 0.25) is 5.02 Å². The molecule has 0 spiro atoms. The van der Waals surface area contributed by atoms with E-state index >= 15 is 0 Å². The second kappa shape index (κ2) is 14.3. The number of carbonyl (C=O) groups excluding carboxylic acids is 1. The fourth-order valence-corrected chi connectivity index (χ4v) is 5.12. The Labute approximate surface area is 259 Å². The predicted octanol–water partition coefficient (Wildman–Crippen LogP) is 6.24. The summed E-state index contributed by atoms with van der Waals surface area (Å²) in [5, 5.41) is 30.5. The van der Waals surface area contributed by atoms with Gasteiger partial charge in [-0.3, -0.25) is 15.4 Å². The molecule has 5 rings (SSSR count). The van der Waals surface area contributed by atoms with Crippen LogP contribution in [-0.4, -0.2) is 37.9 Å². The summed E-state index contributed by atoms with van der Waals surface area (Å²) in [6.45, 7) is 0.354. The molecule has 0 saturated carbocycles. The summed E-state index contributed by atoms with van der Waals surface area (Å²) in [5.41, 5.74) is 5.52. The lowest BCUT2D eigenvalue weighted by atomic mass is 9.93. The highest BCUT2D eigenvalue weighted by molar-refractivity contribution is 7.79. The van der Waals surface area contributed by atoms with Gasteiger partial charge in [-0.15, -0.1) is 5.10 Å². The minimum atomic E-state index is -0.506. The standard InChI is InChI=1S/C31H28ClN9OS/c32-26-14-10-24(11-15-26)28(19-43)35-31(34-20-33)41(27-16-12-23(13-17-27)22-4-2-1-3-5-22)18-21-6-8-25(9-7-21)29(42)36-30-37-39-40-38-30/h4,6-17,19,28H,1-3,5,18H2,(H,34,35)(H2,36,37,38,39,40,42). The van der Waals surface area contributed by atoms with Crippen LogP contribution in [0.1, 0.15) is 58.8 Å². The van der Waals surface area contributed by atoms with E-state index in [-0.39, 0.29) is 11.9 Å². The Kier molecular flexibility index (Phi) is 9.84. The molecular formula is C31H28ClN9OS. The molecule has 216 valence electrons. The maximum atomic E-state index is 12.6. The second-order valence-electron chi connectivity index (χ2n) is 9.82. The van der Waals surface area contributed by atoms with Gasteiger partial charge in [0.2, 0.25) is 5.96 Å². The molecule has 1 amide bonds. The minimum absolute atomic E-state index is 0.0879. The third-order valence-electron chi connectivity index (χ3n) is 6.99. The Balaban J connectivity index is 1.47. The molecule has 12 heteroatoms. The van der Waals surface area contributed by atoms with Gasteiger partial charge in [0.25, 0.3) is 11.9 Å². The third-order valence-corrected chi connectivity index (χ3v) is 7.50. The van der Waals surface area contributed by atoms with Crippen LogP contribution in [0.5, 0.6) is 0 Å². The molecule has 1 aliphatic carbocycles. The lowest BCUT2D eigenvalue weighted by Gasteiger charge is -2.27. The van der Waals surface area contributed by atoms with Crippen molar-refractivity contribution in [2.75, 3.05) is 10.2 Å². The predicted molar refractivity (Wildman–Crippen MR) is 172 cm³/mol. The fraction of sp³-hybridized carbons (Fsp3) is 0.194. The average Bonchev–Trinajstić information content (AvgIpc) is 3.56. The second-order valence-corrected chi connectivity index (χ2v) is 10.5. The van der Waals surface area contributed by atoms with Gasteiger partial charge in [-0.1, -0.05) is 71.4 Å². The average molecular weight is 610 g/mol. The number of guanidine groups is 1. The van der Waals surface area contributed by atoms with Gasteiger partial charge < -0.3 is 4.90 Å². The van der Waals surface area contributed by atoms with E-state index in [9.17, 15) is 10.1 Å².